The fraction of sp³-hybridized carbons (Fsp3) is 0.938. The van der Waals surface area contributed by atoms with Crippen molar-refractivity contribution in [2.45, 2.75) is 180 Å². The van der Waals surface area contributed by atoms with Crippen molar-refractivity contribution in [3.63, 3.8) is 0 Å². The van der Waals surface area contributed by atoms with Gasteiger partial charge in [0.15, 0.2) is 6.10 Å². The first-order valence-electron chi connectivity index (χ1n) is 16.1. The maximum Gasteiger partial charge on any atom is 0.306 e. The van der Waals surface area contributed by atoms with Gasteiger partial charge in [-0.3, -0.25) is 9.59 Å². The molecule has 5 nitrogen and oxygen atoms in total. The minimum Gasteiger partial charge on any atom is -0.462 e. The monoisotopic (exact) mass is 526 g/mol. The number of carbonyl (C=O) groups excluding carboxylic acids is 2. The maximum atomic E-state index is 12.0. The topological polar surface area (TPSA) is 72.8 Å². The molecule has 0 spiro atoms. The molecule has 0 aromatic carbocycles. The molecule has 0 aromatic heterocycles. The highest BCUT2D eigenvalue weighted by molar-refractivity contribution is 5.70. The van der Waals surface area contributed by atoms with Gasteiger partial charge in [0.25, 0.3) is 0 Å². The van der Waals surface area contributed by atoms with Gasteiger partial charge in [0, 0.05) is 12.8 Å². The van der Waals surface area contributed by atoms with E-state index < -0.39 is 6.10 Å². The predicted molar refractivity (Wildman–Crippen MR) is 155 cm³/mol. The van der Waals surface area contributed by atoms with Gasteiger partial charge in [-0.1, -0.05) is 149 Å². The first kappa shape index (κ1) is 35.9. The number of ether oxygens (including phenoxy) is 2. The number of hydrogen-bond donors (Lipinski definition) is 1. The minimum absolute atomic E-state index is 0.0580. The van der Waals surface area contributed by atoms with Crippen LogP contribution in [0.2, 0.25) is 0 Å². The van der Waals surface area contributed by atoms with Gasteiger partial charge >= 0.3 is 11.9 Å². The number of esters is 2. The van der Waals surface area contributed by atoms with Crippen molar-refractivity contribution in [2.24, 2.45) is 0 Å². The third-order valence-corrected chi connectivity index (χ3v) is 7.15. The number of unbranched alkanes of at least 4 members (excludes halogenated alkanes) is 21. The summed E-state index contributed by atoms with van der Waals surface area (Å²) in [6.07, 6.45) is 28.6. The Morgan fingerprint density at radius 2 is 0.838 bits per heavy atom. The molecular weight excluding hydrogens is 464 g/mol. The van der Waals surface area contributed by atoms with Crippen molar-refractivity contribution in [3.8, 4) is 0 Å². The summed E-state index contributed by atoms with van der Waals surface area (Å²) in [7, 11) is 0. The average Bonchev–Trinajstić information content (AvgIpc) is 2.90. The molecular formula is C32H62O5. The number of aliphatic hydroxyl groups is 1. The zero-order valence-electron chi connectivity index (χ0n) is 24.7. The molecule has 0 aliphatic rings. The zero-order chi connectivity index (χ0) is 27.2. The van der Waals surface area contributed by atoms with Crippen molar-refractivity contribution in [1.82, 2.24) is 0 Å². The van der Waals surface area contributed by atoms with Crippen LogP contribution in [0.25, 0.3) is 0 Å². The zero-order valence-corrected chi connectivity index (χ0v) is 24.7. The molecule has 0 radical (unpaired) electrons. The summed E-state index contributed by atoms with van der Waals surface area (Å²) < 4.78 is 10.5. The van der Waals surface area contributed by atoms with Gasteiger partial charge in [0.2, 0.25) is 0 Å². The van der Waals surface area contributed by atoms with E-state index in [1.54, 1.807) is 0 Å². The SMILES string of the molecule is CCCCCCCCCCCCCCC(=O)OCC(CO)OC(=O)CCCCCCCCCCCCC. The van der Waals surface area contributed by atoms with Gasteiger partial charge in [-0.25, -0.2) is 0 Å². The van der Waals surface area contributed by atoms with E-state index >= 15 is 0 Å². The number of rotatable bonds is 29. The summed E-state index contributed by atoms with van der Waals surface area (Å²) in [6, 6.07) is 0. The lowest BCUT2D eigenvalue weighted by Crippen LogP contribution is -2.28. The second kappa shape index (κ2) is 29.5. The highest BCUT2D eigenvalue weighted by atomic mass is 16.6. The molecule has 0 aliphatic carbocycles. The van der Waals surface area contributed by atoms with Crippen molar-refractivity contribution in [3.05, 3.63) is 0 Å². The molecule has 0 saturated heterocycles. The second-order valence-electron chi connectivity index (χ2n) is 10.9. The van der Waals surface area contributed by atoms with E-state index in [-0.39, 0.29) is 25.2 Å². The van der Waals surface area contributed by atoms with Crippen LogP contribution in [0.15, 0.2) is 0 Å². The van der Waals surface area contributed by atoms with Crippen LogP contribution in [0.4, 0.5) is 0 Å². The van der Waals surface area contributed by atoms with Gasteiger partial charge in [-0.05, 0) is 12.8 Å². The van der Waals surface area contributed by atoms with Crippen molar-refractivity contribution >= 4 is 11.9 Å². The van der Waals surface area contributed by atoms with E-state index in [9.17, 15) is 14.7 Å². The highest BCUT2D eigenvalue weighted by Crippen LogP contribution is 2.14. The number of hydrogen-bond acceptors (Lipinski definition) is 5. The lowest BCUT2D eigenvalue weighted by molar-refractivity contribution is -0.161. The molecule has 0 heterocycles. The number of aliphatic hydroxyl groups excluding tert-OH is 1. The Hall–Kier alpha value is -1.10. The van der Waals surface area contributed by atoms with E-state index in [2.05, 4.69) is 13.8 Å². The summed E-state index contributed by atoms with van der Waals surface area (Å²) in [5, 5.41) is 9.47. The summed E-state index contributed by atoms with van der Waals surface area (Å²) in [5.74, 6) is -0.584. The molecule has 5 heteroatoms. The first-order chi connectivity index (χ1) is 18.1. The molecule has 0 aromatic rings. The van der Waals surface area contributed by atoms with Gasteiger partial charge in [0.1, 0.15) is 6.61 Å². The Balaban J connectivity index is 3.55. The lowest BCUT2D eigenvalue weighted by atomic mass is 10.0. The molecule has 0 saturated carbocycles. The Bertz CT molecular complexity index is 494. The van der Waals surface area contributed by atoms with Crippen LogP contribution in [-0.4, -0.2) is 36.4 Å². The average molecular weight is 527 g/mol. The van der Waals surface area contributed by atoms with E-state index in [4.69, 9.17) is 9.47 Å². The smallest absolute Gasteiger partial charge is 0.306 e. The molecule has 1 N–H and O–H groups in total. The molecule has 1 unspecified atom stereocenters. The minimum atomic E-state index is -0.758. The van der Waals surface area contributed by atoms with Crippen LogP contribution in [0.1, 0.15) is 174 Å². The van der Waals surface area contributed by atoms with Gasteiger partial charge in [-0.2, -0.15) is 0 Å². The fourth-order valence-electron chi connectivity index (χ4n) is 4.67. The van der Waals surface area contributed by atoms with Crippen LogP contribution in [0.3, 0.4) is 0 Å². The van der Waals surface area contributed by atoms with Crippen LogP contribution in [-0.2, 0) is 19.1 Å². The second-order valence-corrected chi connectivity index (χ2v) is 10.9. The Labute approximate surface area is 229 Å². The molecule has 0 bridgehead atoms. The molecule has 0 rings (SSSR count). The van der Waals surface area contributed by atoms with Crippen LogP contribution in [0.5, 0.6) is 0 Å². The van der Waals surface area contributed by atoms with Crippen molar-refractivity contribution in [1.29, 1.82) is 0 Å². The van der Waals surface area contributed by atoms with E-state index in [0.717, 1.165) is 32.1 Å². The largest absolute Gasteiger partial charge is 0.462 e. The van der Waals surface area contributed by atoms with E-state index in [1.807, 2.05) is 0 Å². The molecule has 0 aliphatic heterocycles. The summed E-state index contributed by atoms with van der Waals surface area (Å²) in [4.78, 5) is 24.0. The summed E-state index contributed by atoms with van der Waals surface area (Å²) in [5.41, 5.74) is 0. The standard InChI is InChI=1S/C32H62O5/c1-3-5-7-9-11-13-15-17-18-20-22-24-26-31(34)36-29-30(28-33)37-32(35)27-25-23-21-19-16-14-12-10-8-6-4-2/h30,33H,3-29H2,1-2H3. The van der Waals surface area contributed by atoms with E-state index in [0.29, 0.717) is 12.8 Å². The summed E-state index contributed by atoms with van der Waals surface area (Å²) >= 11 is 0. The molecule has 0 amide bonds. The summed E-state index contributed by atoms with van der Waals surface area (Å²) in [6.45, 7) is 4.12. The molecule has 37 heavy (non-hydrogen) atoms. The van der Waals surface area contributed by atoms with Crippen molar-refractivity contribution < 1.29 is 24.2 Å². The molecule has 220 valence electrons. The van der Waals surface area contributed by atoms with E-state index in [1.165, 1.54) is 116 Å². The Morgan fingerprint density at radius 1 is 0.514 bits per heavy atom. The maximum absolute atomic E-state index is 12.0. The third kappa shape index (κ3) is 27.7. The third-order valence-electron chi connectivity index (χ3n) is 7.15. The molecule has 1 atom stereocenters. The first-order valence-corrected chi connectivity index (χ1v) is 16.1. The fourth-order valence-corrected chi connectivity index (χ4v) is 4.67. The normalized spacial score (nSPS) is 12.0. The quantitative estimate of drug-likeness (QED) is 0.0776. The van der Waals surface area contributed by atoms with Gasteiger partial charge in [0.05, 0.1) is 6.61 Å². The lowest BCUT2D eigenvalue weighted by Gasteiger charge is -2.15. The van der Waals surface area contributed by atoms with Crippen molar-refractivity contribution in [2.75, 3.05) is 13.2 Å². The molecule has 0 fully saturated rings. The highest BCUT2D eigenvalue weighted by Gasteiger charge is 2.16. The predicted octanol–water partition coefficient (Wildman–Crippen LogP) is 9.23. The number of carbonyl (C=O) groups is 2. The van der Waals surface area contributed by atoms with Gasteiger partial charge in [-0.15, -0.1) is 0 Å². The van der Waals surface area contributed by atoms with Crippen LogP contribution in [0, 0.1) is 0 Å². The van der Waals surface area contributed by atoms with Crippen LogP contribution >= 0.6 is 0 Å². The Kier molecular flexibility index (Phi) is 28.6. The van der Waals surface area contributed by atoms with Gasteiger partial charge < -0.3 is 14.6 Å². The Morgan fingerprint density at radius 3 is 1.19 bits per heavy atom. The van der Waals surface area contributed by atoms with Crippen LogP contribution < -0.4 is 0 Å².